The van der Waals surface area contributed by atoms with Gasteiger partial charge >= 0.3 is 0 Å². The maximum absolute atomic E-state index is 8.71. The lowest BCUT2D eigenvalue weighted by atomic mass is 10.5. The van der Waals surface area contributed by atoms with Gasteiger partial charge in [-0.2, -0.15) is 28.8 Å². The van der Waals surface area contributed by atoms with Crippen LogP contribution < -0.4 is 5.73 Å². The number of thioether (sulfide) groups is 2. The van der Waals surface area contributed by atoms with E-state index in [9.17, 15) is 0 Å². The molecule has 0 aliphatic rings. The number of nitriles is 1. The number of hydrogen-bond donors (Lipinski definition) is 1. The highest BCUT2D eigenvalue weighted by Gasteiger charge is 2.09. The van der Waals surface area contributed by atoms with Crippen molar-refractivity contribution in [3.05, 3.63) is 33.2 Å². The van der Waals surface area contributed by atoms with Gasteiger partial charge < -0.3 is 10.6 Å². The molecule has 0 amide bonds. The Morgan fingerprint density at radius 2 is 1.67 bits per heavy atom. The van der Waals surface area contributed by atoms with Gasteiger partial charge in [-0.1, -0.05) is 0 Å². The SMILES string of the molecule is N#CN=C(N)N(CCSCc1nccs1)CCSCc1nccs1. The third kappa shape index (κ3) is 7.09. The molecule has 2 aromatic rings. The van der Waals surface area contributed by atoms with Gasteiger partial charge in [0.2, 0.25) is 12.2 Å². The predicted octanol–water partition coefficient (Wildman–Crippen LogP) is 2.86. The van der Waals surface area contributed by atoms with E-state index in [1.54, 1.807) is 28.9 Å². The first-order valence-electron chi connectivity index (χ1n) is 7.19. The molecule has 2 heterocycles. The van der Waals surface area contributed by atoms with E-state index >= 15 is 0 Å². The number of aromatic nitrogens is 2. The molecule has 0 fully saturated rings. The Morgan fingerprint density at radius 3 is 2.08 bits per heavy atom. The minimum Gasteiger partial charge on any atom is -0.369 e. The van der Waals surface area contributed by atoms with Crippen LogP contribution in [0.1, 0.15) is 10.0 Å². The Hall–Kier alpha value is -1.28. The average Bonchev–Trinajstić information content (AvgIpc) is 3.27. The summed E-state index contributed by atoms with van der Waals surface area (Å²) in [5.41, 5.74) is 5.90. The number of aliphatic imine (C=N–C) groups is 1. The van der Waals surface area contributed by atoms with Crippen molar-refractivity contribution in [1.29, 1.82) is 5.26 Å². The van der Waals surface area contributed by atoms with Crippen LogP contribution in [-0.4, -0.2) is 45.4 Å². The van der Waals surface area contributed by atoms with Crippen LogP contribution in [-0.2, 0) is 11.5 Å². The van der Waals surface area contributed by atoms with E-state index in [1.165, 1.54) is 0 Å². The van der Waals surface area contributed by atoms with Gasteiger partial charge in [-0.3, -0.25) is 0 Å². The maximum Gasteiger partial charge on any atom is 0.209 e. The fraction of sp³-hybridized carbons (Fsp3) is 0.429. The fourth-order valence-corrected chi connectivity index (χ4v) is 5.11. The van der Waals surface area contributed by atoms with E-state index in [-0.39, 0.29) is 0 Å². The summed E-state index contributed by atoms with van der Waals surface area (Å²) in [4.78, 5) is 14.2. The van der Waals surface area contributed by atoms with E-state index in [0.717, 1.165) is 46.1 Å². The summed E-state index contributed by atoms with van der Waals surface area (Å²) in [5, 5.41) is 14.9. The molecule has 0 aliphatic carbocycles. The summed E-state index contributed by atoms with van der Waals surface area (Å²) in [6.45, 7) is 1.54. The van der Waals surface area contributed by atoms with Crippen molar-refractivity contribution in [3.8, 4) is 6.19 Å². The van der Waals surface area contributed by atoms with Crippen molar-refractivity contribution in [3.63, 3.8) is 0 Å². The molecule has 0 bridgehead atoms. The highest BCUT2D eigenvalue weighted by Crippen LogP contribution is 2.16. The van der Waals surface area contributed by atoms with Gasteiger partial charge in [0.05, 0.1) is 0 Å². The third-order valence-corrected chi connectivity index (χ3v) is 6.74. The summed E-state index contributed by atoms with van der Waals surface area (Å²) in [7, 11) is 0. The molecule has 0 spiro atoms. The first-order chi connectivity index (χ1) is 11.8. The summed E-state index contributed by atoms with van der Waals surface area (Å²) in [5.74, 6) is 3.93. The summed E-state index contributed by atoms with van der Waals surface area (Å²) < 4.78 is 0. The van der Waals surface area contributed by atoms with Gasteiger partial charge in [0, 0.05) is 59.3 Å². The second-order valence-electron chi connectivity index (χ2n) is 4.51. The third-order valence-electron chi connectivity index (χ3n) is 2.92. The summed E-state index contributed by atoms with van der Waals surface area (Å²) >= 11 is 6.95. The molecule has 10 heteroatoms. The Bertz CT molecular complexity index is 593. The fourth-order valence-electron chi connectivity index (χ4n) is 1.78. The maximum atomic E-state index is 8.71. The first-order valence-corrected chi connectivity index (χ1v) is 11.3. The Balaban J connectivity index is 1.70. The van der Waals surface area contributed by atoms with Crippen LogP contribution >= 0.6 is 46.2 Å². The van der Waals surface area contributed by atoms with Crippen molar-refractivity contribution in [2.24, 2.45) is 10.7 Å². The minimum atomic E-state index is 0.294. The van der Waals surface area contributed by atoms with Gasteiger partial charge in [0.1, 0.15) is 10.0 Å². The molecule has 6 nitrogen and oxygen atoms in total. The molecule has 0 unspecified atom stereocenters. The Morgan fingerprint density at radius 1 is 1.12 bits per heavy atom. The van der Waals surface area contributed by atoms with Gasteiger partial charge in [-0.15, -0.1) is 27.7 Å². The van der Waals surface area contributed by atoms with E-state index in [0.29, 0.717) is 5.96 Å². The smallest absolute Gasteiger partial charge is 0.209 e. The van der Waals surface area contributed by atoms with Gasteiger partial charge in [-0.05, 0) is 0 Å². The molecular weight excluding hydrogens is 380 g/mol. The second-order valence-corrected chi connectivity index (χ2v) is 8.68. The van der Waals surface area contributed by atoms with Crippen molar-refractivity contribution in [2.75, 3.05) is 24.6 Å². The molecule has 2 rings (SSSR count). The van der Waals surface area contributed by atoms with Crippen LogP contribution in [0.3, 0.4) is 0 Å². The Labute approximate surface area is 158 Å². The molecule has 128 valence electrons. The van der Waals surface area contributed by atoms with E-state index in [1.807, 2.05) is 51.6 Å². The lowest BCUT2D eigenvalue weighted by Crippen LogP contribution is -2.40. The molecule has 0 aromatic carbocycles. The molecule has 0 saturated carbocycles. The highest BCUT2D eigenvalue weighted by atomic mass is 32.2. The normalized spacial score (nSPS) is 11.4. The number of nitrogens with zero attached hydrogens (tertiary/aromatic N) is 5. The van der Waals surface area contributed by atoms with Crippen LogP contribution in [0.2, 0.25) is 0 Å². The standard InChI is InChI=1S/C14H18N6S4/c15-11-19-14(16)20(3-7-21-9-12-17-1-5-23-12)4-8-22-10-13-18-2-6-24-13/h1-2,5-6H,3-4,7-10H2,(H2,16,19). The largest absolute Gasteiger partial charge is 0.369 e. The first kappa shape index (κ1) is 19.1. The molecule has 0 aliphatic heterocycles. The zero-order chi connectivity index (χ0) is 17.0. The van der Waals surface area contributed by atoms with E-state index in [2.05, 4.69) is 15.0 Å². The molecule has 2 aromatic heterocycles. The number of thiazole rings is 2. The topological polar surface area (TPSA) is 91.2 Å². The van der Waals surface area contributed by atoms with Crippen molar-refractivity contribution < 1.29 is 0 Å². The minimum absolute atomic E-state index is 0.294. The van der Waals surface area contributed by atoms with Gasteiger partial charge in [0.15, 0.2) is 0 Å². The summed E-state index contributed by atoms with van der Waals surface area (Å²) in [6, 6.07) is 0. The van der Waals surface area contributed by atoms with Gasteiger partial charge in [0.25, 0.3) is 0 Å². The quantitative estimate of drug-likeness (QED) is 0.285. The lowest BCUT2D eigenvalue weighted by Gasteiger charge is -2.22. The van der Waals surface area contributed by atoms with E-state index < -0.39 is 0 Å². The number of hydrogen-bond acceptors (Lipinski definition) is 8. The average molecular weight is 399 g/mol. The molecule has 0 atom stereocenters. The van der Waals surface area contributed by atoms with Crippen LogP contribution in [0.4, 0.5) is 0 Å². The van der Waals surface area contributed by atoms with Crippen LogP contribution in [0, 0.1) is 11.5 Å². The number of guanidine groups is 1. The van der Waals surface area contributed by atoms with E-state index in [4.69, 9.17) is 11.0 Å². The Kier molecular flexibility index (Phi) is 8.97. The zero-order valence-electron chi connectivity index (χ0n) is 13.0. The monoisotopic (exact) mass is 398 g/mol. The molecule has 2 N–H and O–H groups in total. The number of nitrogens with two attached hydrogens (primary N) is 1. The zero-order valence-corrected chi connectivity index (χ0v) is 16.3. The van der Waals surface area contributed by atoms with Crippen molar-refractivity contribution in [2.45, 2.75) is 11.5 Å². The molecular formula is C14H18N6S4. The number of rotatable bonds is 10. The summed E-state index contributed by atoms with van der Waals surface area (Å²) in [6.07, 6.45) is 5.41. The van der Waals surface area contributed by atoms with Crippen molar-refractivity contribution in [1.82, 2.24) is 14.9 Å². The molecule has 0 saturated heterocycles. The predicted molar refractivity (Wildman–Crippen MR) is 105 cm³/mol. The van der Waals surface area contributed by atoms with Crippen molar-refractivity contribution >= 4 is 52.2 Å². The lowest BCUT2D eigenvalue weighted by molar-refractivity contribution is 0.468. The highest BCUT2D eigenvalue weighted by molar-refractivity contribution is 7.98. The van der Waals surface area contributed by atoms with Gasteiger partial charge in [-0.25, -0.2) is 9.97 Å². The van der Waals surface area contributed by atoms with Crippen LogP contribution in [0.5, 0.6) is 0 Å². The molecule has 0 radical (unpaired) electrons. The second kappa shape index (κ2) is 11.3. The van der Waals surface area contributed by atoms with Crippen LogP contribution in [0.15, 0.2) is 28.1 Å². The molecule has 24 heavy (non-hydrogen) atoms. The van der Waals surface area contributed by atoms with Crippen LogP contribution in [0.25, 0.3) is 0 Å².